The van der Waals surface area contributed by atoms with Crippen LogP contribution < -0.4 is 0 Å². The standard InChI is InChI=1S/C14H18O2S/c15-14(16-13-9-5-2-6-10-13)17-11-12-7-3-1-4-8-12/h1,3-4,7-8,13H,2,5-6,9-11H2. The zero-order valence-electron chi connectivity index (χ0n) is 9.93. The first-order valence-electron chi connectivity index (χ1n) is 6.22. The number of hydrogen-bond donors (Lipinski definition) is 0. The molecule has 0 bridgehead atoms. The van der Waals surface area contributed by atoms with E-state index in [-0.39, 0.29) is 11.4 Å². The van der Waals surface area contributed by atoms with Crippen LogP contribution in [0.2, 0.25) is 0 Å². The molecule has 1 aliphatic carbocycles. The summed E-state index contributed by atoms with van der Waals surface area (Å²) in [7, 11) is 0. The molecule has 0 aromatic heterocycles. The Morgan fingerprint density at radius 3 is 2.59 bits per heavy atom. The topological polar surface area (TPSA) is 26.3 Å². The second-order valence-electron chi connectivity index (χ2n) is 4.40. The van der Waals surface area contributed by atoms with Gasteiger partial charge in [-0.2, -0.15) is 0 Å². The molecule has 3 heteroatoms. The molecule has 0 atom stereocenters. The molecule has 0 heterocycles. The van der Waals surface area contributed by atoms with Gasteiger partial charge in [0.1, 0.15) is 6.10 Å². The normalized spacial score (nSPS) is 16.7. The Bertz CT molecular complexity index is 344. The molecule has 1 saturated carbocycles. The van der Waals surface area contributed by atoms with Gasteiger partial charge in [-0.15, -0.1) is 0 Å². The van der Waals surface area contributed by atoms with Crippen LogP contribution in [0, 0.1) is 0 Å². The molecule has 0 unspecified atom stereocenters. The van der Waals surface area contributed by atoms with Crippen molar-refractivity contribution in [1.29, 1.82) is 0 Å². The molecule has 1 aromatic rings. The predicted octanol–water partition coefficient (Wildman–Crippen LogP) is 4.39. The fourth-order valence-corrected chi connectivity index (χ4v) is 2.75. The van der Waals surface area contributed by atoms with E-state index >= 15 is 0 Å². The third-order valence-electron chi connectivity index (χ3n) is 3.01. The van der Waals surface area contributed by atoms with Gasteiger partial charge in [0.25, 0.3) is 0 Å². The SMILES string of the molecule is O=C(OC1CCCCC1)SCc1ccccc1. The maximum Gasteiger partial charge on any atom is 0.367 e. The van der Waals surface area contributed by atoms with Crippen molar-refractivity contribution in [3.8, 4) is 0 Å². The van der Waals surface area contributed by atoms with Crippen molar-refractivity contribution in [2.24, 2.45) is 0 Å². The summed E-state index contributed by atoms with van der Waals surface area (Å²) in [6.07, 6.45) is 5.92. The fraction of sp³-hybridized carbons (Fsp3) is 0.500. The van der Waals surface area contributed by atoms with Gasteiger partial charge in [0.2, 0.25) is 0 Å². The summed E-state index contributed by atoms with van der Waals surface area (Å²) in [6.45, 7) is 0. The zero-order chi connectivity index (χ0) is 11.9. The number of carbonyl (C=O) groups excluding carboxylic acids is 1. The van der Waals surface area contributed by atoms with E-state index in [1.54, 1.807) is 0 Å². The highest BCUT2D eigenvalue weighted by molar-refractivity contribution is 8.12. The highest BCUT2D eigenvalue weighted by Gasteiger charge is 2.17. The number of rotatable bonds is 3. The Labute approximate surface area is 107 Å². The second-order valence-corrected chi connectivity index (χ2v) is 5.31. The van der Waals surface area contributed by atoms with Gasteiger partial charge in [0, 0.05) is 5.75 Å². The number of hydrogen-bond acceptors (Lipinski definition) is 3. The molecule has 0 amide bonds. The van der Waals surface area contributed by atoms with Crippen molar-refractivity contribution in [2.45, 2.75) is 44.0 Å². The molecular weight excluding hydrogens is 232 g/mol. The van der Waals surface area contributed by atoms with Gasteiger partial charge in [0.05, 0.1) is 0 Å². The van der Waals surface area contributed by atoms with Gasteiger partial charge < -0.3 is 4.74 Å². The predicted molar refractivity (Wildman–Crippen MR) is 71.1 cm³/mol. The Balaban J connectivity index is 1.70. The van der Waals surface area contributed by atoms with Gasteiger partial charge in [-0.3, -0.25) is 0 Å². The first-order valence-corrected chi connectivity index (χ1v) is 7.20. The molecule has 0 N–H and O–H groups in total. The lowest BCUT2D eigenvalue weighted by molar-refractivity contribution is 0.0967. The monoisotopic (exact) mass is 250 g/mol. The van der Waals surface area contributed by atoms with E-state index in [2.05, 4.69) is 0 Å². The van der Waals surface area contributed by atoms with Crippen LogP contribution >= 0.6 is 11.8 Å². The lowest BCUT2D eigenvalue weighted by Gasteiger charge is -2.21. The van der Waals surface area contributed by atoms with E-state index in [0.717, 1.165) is 18.4 Å². The van der Waals surface area contributed by atoms with Crippen LogP contribution in [0.4, 0.5) is 4.79 Å². The van der Waals surface area contributed by atoms with Gasteiger partial charge >= 0.3 is 5.30 Å². The number of ether oxygens (including phenoxy) is 1. The molecule has 0 aliphatic heterocycles. The van der Waals surface area contributed by atoms with E-state index in [0.29, 0.717) is 5.75 Å². The molecule has 92 valence electrons. The molecular formula is C14H18O2S. The van der Waals surface area contributed by atoms with Gasteiger partial charge in [-0.05, 0) is 43.0 Å². The molecule has 2 rings (SSSR count). The highest BCUT2D eigenvalue weighted by atomic mass is 32.2. The van der Waals surface area contributed by atoms with E-state index in [1.807, 2.05) is 30.3 Å². The van der Waals surface area contributed by atoms with Crippen molar-refractivity contribution < 1.29 is 9.53 Å². The van der Waals surface area contributed by atoms with Crippen molar-refractivity contribution in [1.82, 2.24) is 0 Å². The molecule has 1 fully saturated rings. The Morgan fingerprint density at radius 1 is 1.18 bits per heavy atom. The van der Waals surface area contributed by atoms with E-state index < -0.39 is 0 Å². The summed E-state index contributed by atoms with van der Waals surface area (Å²) in [5, 5.41) is -0.124. The van der Waals surface area contributed by atoms with E-state index in [4.69, 9.17) is 4.74 Å². The number of thioether (sulfide) groups is 1. The van der Waals surface area contributed by atoms with Crippen molar-refractivity contribution >= 4 is 17.1 Å². The van der Waals surface area contributed by atoms with Gasteiger partial charge in [-0.25, -0.2) is 4.79 Å². The average Bonchev–Trinajstić information content (AvgIpc) is 2.39. The summed E-state index contributed by atoms with van der Waals surface area (Å²) < 4.78 is 5.44. The van der Waals surface area contributed by atoms with Crippen molar-refractivity contribution in [3.05, 3.63) is 35.9 Å². The fourth-order valence-electron chi connectivity index (χ4n) is 2.07. The number of benzene rings is 1. The van der Waals surface area contributed by atoms with Gasteiger partial charge in [-0.1, -0.05) is 36.8 Å². The summed E-state index contributed by atoms with van der Waals surface area (Å²) in [6, 6.07) is 10.0. The van der Waals surface area contributed by atoms with Crippen molar-refractivity contribution in [2.75, 3.05) is 0 Å². The quantitative estimate of drug-likeness (QED) is 0.744. The minimum Gasteiger partial charge on any atom is -0.454 e. The van der Waals surface area contributed by atoms with E-state index in [9.17, 15) is 4.79 Å². The van der Waals surface area contributed by atoms with Crippen molar-refractivity contribution in [3.63, 3.8) is 0 Å². The molecule has 17 heavy (non-hydrogen) atoms. The summed E-state index contributed by atoms with van der Waals surface area (Å²) in [5.74, 6) is 0.701. The first-order chi connectivity index (χ1) is 8.34. The maximum absolute atomic E-state index is 11.6. The Kier molecular flexibility index (Phi) is 4.92. The summed E-state index contributed by atoms with van der Waals surface area (Å²) >= 11 is 1.26. The maximum atomic E-state index is 11.6. The summed E-state index contributed by atoms with van der Waals surface area (Å²) in [4.78, 5) is 11.6. The highest BCUT2D eigenvalue weighted by Crippen LogP contribution is 2.23. The van der Waals surface area contributed by atoms with Gasteiger partial charge in [0.15, 0.2) is 0 Å². The van der Waals surface area contributed by atoms with Crippen LogP contribution in [-0.4, -0.2) is 11.4 Å². The third kappa shape index (κ3) is 4.43. The molecule has 0 saturated heterocycles. The lowest BCUT2D eigenvalue weighted by atomic mass is 9.98. The number of carbonyl (C=O) groups is 1. The molecule has 1 aromatic carbocycles. The lowest BCUT2D eigenvalue weighted by Crippen LogP contribution is -2.18. The minimum atomic E-state index is -0.124. The zero-order valence-corrected chi connectivity index (χ0v) is 10.7. The van der Waals surface area contributed by atoms with Crippen LogP contribution in [0.15, 0.2) is 30.3 Å². The van der Waals surface area contributed by atoms with Crippen LogP contribution in [-0.2, 0) is 10.5 Å². The molecule has 1 aliphatic rings. The molecule has 0 spiro atoms. The van der Waals surface area contributed by atoms with Crippen LogP contribution in [0.5, 0.6) is 0 Å². The Hall–Kier alpha value is -0.960. The third-order valence-corrected chi connectivity index (χ3v) is 3.82. The summed E-state index contributed by atoms with van der Waals surface area (Å²) in [5.41, 5.74) is 1.16. The van der Waals surface area contributed by atoms with Crippen LogP contribution in [0.1, 0.15) is 37.7 Å². The smallest absolute Gasteiger partial charge is 0.367 e. The first kappa shape index (κ1) is 12.5. The molecule has 2 nitrogen and oxygen atoms in total. The Morgan fingerprint density at radius 2 is 1.88 bits per heavy atom. The van der Waals surface area contributed by atoms with Crippen LogP contribution in [0.25, 0.3) is 0 Å². The second kappa shape index (κ2) is 6.70. The van der Waals surface area contributed by atoms with E-state index in [1.165, 1.54) is 31.0 Å². The minimum absolute atomic E-state index is 0.124. The molecule has 0 radical (unpaired) electrons. The van der Waals surface area contributed by atoms with Crippen LogP contribution in [0.3, 0.4) is 0 Å². The largest absolute Gasteiger partial charge is 0.454 e. The average molecular weight is 250 g/mol.